The molecule has 0 saturated heterocycles. The second-order valence-corrected chi connectivity index (χ2v) is 5.68. The van der Waals surface area contributed by atoms with E-state index < -0.39 is 24.1 Å². The molecule has 2 amide bonds. The van der Waals surface area contributed by atoms with Crippen molar-refractivity contribution in [1.29, 1.82) is 0 Å². The number of carbonyl (C=O) groups excluding carboxylic acids is 1. The molecular weight excluding hydrogens is 260 g/mol. The molecule has 1 aliphatic carbocycles. The number of carboxylic acids is 1. The number of amides is 2. The molecule has 2 atom stereocenters. The molecule has 1 aliphatic rings. The van der Waals surface area contributed by atoms with Crippen molar-refractivity contribution < 1.29 is 19.8 Å². The number of nitrogens with one attached hydrogen (secondary N) is 2. The molecule has 1 rings (SSSR count). The van der Waals surface area contributed by atoms with Crippen LogP contribution in [-0.4, -0.2) is 40.4 Å². The Morgan fingerprint density at radius 3 is 2.30 bits per heavy atom. The summed E-state index contributed by atoms with van der Waals surface area (Å²) < 4.78 is 0. The van der Waals surface area contributed by atoms with Crippen LogP contribution >= 0.6 is 0 Å². The molecule has 0 aliphatic heterocycles. The van der Waals surface area contributed by atoms with Crippen LogP contribution in [-0.2, 0) is 4.79 Å². The van der Waals surface area contributed by atoms with Gasteiger partial charge in [-0.25, -0.2) is 9.59 Å². The zero-order valence-electron chi connectivity index (χ0n) is 12.3. The first-order valence-corrected chi connectivity index (χ1v) is 7.42. The Bertz CT molecular complexity index is 325. The Morgan fingerprint density at radius 1 is 1.25 bits per heavy atom. The molecule has 0 radical (unpaired) electrons. The maximum absolute atomic E-state index is 11.7. The third kappa shape index (κ3) is 5.36. The average molecular weight is 286 g/mol. The van der Waals surface area contributed by atoms with Crippen molar-refractivity contribution >= 4 is 12.0 Å². The summed E-state index contributed by atoms with van der Waals surface area (Å²) in [6.45, 7) is 3.52. The quantitative estimate of drug-likeness (QED) is 0.594. The first kappa shape index (κ1) is 16.8. The molecule has 0 heterocycles. The van der Waals surface area contributed by atoms with Crippen LogP contribution in [0.25, 0.3) is 0 Å². The fourth-order valence-corrected chi connectivity index (χ4v) is 2.76. The van der Waals surface area contributed by atoms with Gasteiger partial charge in [0, 0.05) is 6.04 Å². The predicted octanol–water partition coefficient (Wildman–Crippen LogP) is 1.48. The third-order valence-corrected chi connectivity index (χ3v) is 3.91. The summed E-state index contributed by atoms with van der Waals surface area (Å²) in [5.74, 6) is -0.479. The molecule has 20 heavy (non-hydrogen) atoms. The van der Waals surface area contributed by atoms with E-state index in [4.69, 9.17) is 5.11 Å². The van der Waals surface area contributed by atoms with E-state index in [0.29, 0.717) is 0 Å². The number of aliphatic carboxylic acids is 1. The molecule has 0 aromatic rings. The maximum Gasteiger partial charge on any atom is 0.328 e. The minimum absolute atomic E-state index is 0.103. The summed E-state index contributed by atoms with van der Waals surface area (Å²) in [6, 6.07) is -1.68. The van der Waals surface area contributed by atoms with Crippen LogP contribution in [0.1, 0.15) is 52.4 Å². The molecule has 4 N–H and O–H groups in total. The fourth-order valence-electron chi connectivity index (χ4n) is 2.76. The van der Waals surface area contributed by atoms with Gasteiger partial charge in [-0.05, 0) is 38.5 Å². The fraction of sp³-hybridized carbons (Fsp3) is 0.857. The summed E-state index contributed by atoms with van der Waals surface area (Å²) in [7, 11) is 0. The number of carbonyl (C=O) groups is 2. The lowest BCUT2D eigenvalue weighted by atomic mass is 9.83. The molecule has 0 spiro atoms. The number of aliphatic hydroxyl groups excluding tert-OH is 1. The van der Waals surface area contributed by atoms with E-state index in [1.54, 1.807) is 0 Å². The Labute approximate surface area is 119 Å². The Balaban J connectivity index is 2.34. The number of hydrogen-bond acceptors (Lipinski definition) is 3. The Kier molecular flexibility index (Phi) is 6.78. The lowest BCUT2D eigenvalue weighted by Crippen LogP contribution is -2.53. The van der Waals surface area contributed by atoms with Gasteiger partial charge in [0.05, 0.1) is 6.10 Å². The SMILES string of the molecule is CCCC1CCC(NC(=O)N[C@H](C(=O)O)[C@@H](C)O)CC1. The zero-order valence-corrected chi connectivity index (χ0v) is 12.3. The van der Waals surface area contributed by atoms with Gasteiger partial charge in [0.2, 0.25) is 0 Å². The highest BCUT2D eigenvalue weighted by atomic mass is 16.4. The predicted molar refractivity (Wildman–Crippen MR) is 75.4 cm³/mol. The van der Waals surface area contributed by atoms with Crippen molar-refractivity contribution in [2.45, 2.75) is 70.6 Å². The van der Waals surface area contributed by atoms with Gasteiger partial charge in [0.15, 0.2) is 6.04 Å². The van der Waals surface area contributed by atoms with Crippen molar-refractivity contribution in [2.24, 2.45) is 5.92 Å². The third-order valence-electron chi connectivity index (χ3n) is 3.91. The second kappa shape index (κ2) is 8.09. The highest BCUT2D eigenvalue weighted by molar-refractivity contribution is 5.83. The van der Waals surface area contributed by atoms with Gasteiger partial charge in [-0.3, -0.25) is 0 Å². The van der Waals surface area contributed by atoms with Gasteiger partial charge in [-0.15, -0.1) is 0 Å². The number of hydrogen-bond donors (Lipinski definition) is 4. The molecule has 0 aromatic carbocycles. The highest BCUT2D eigenvalue weighted by Crippen LogP contribution is 2.27. The zero-order chi connectivity index (χ0) is 15.1. The van der Waals surface area contributed by atoms with Crippen LogP contribution in [0.15, 0.2) is 0 Å². The van der Waals surface area contributed by atoms with E-state index in [2.05, 4.69) is 17.6 Å². The second-order valence-electron chi connectivity index (χ2n) is 5.68. The molecule has 1 saturated carbocycles. The van der Waals surface area contributed by atoms with Crippen molar-refractivity contribution in [3.05, 3.63) is 0 Å². The number of carboxylic acid groups (broad SMARTS) is 1. The molecular formula is C14H26N2O4. The lowest BCUT2D eigenvalue weighted by Gasteiger charge is -2.29. The van der Waals surface area contributed by atoms with E-state index in [1.165, 1.54) is 19.8 Å². The summed E-state index contributed by atoms with van der Waals surface area (Å²) >= 11 is 0. The van der Waals surface area contributed by atoms with Crippen LogP contribution in [0, 0.1) is 5.92 Å². The molecule has 1 fully saturated rings. The summed E-state index contributed by atoms with van der Waals surface area (Å²) in [5, 5.41) is 23.3. The van der Waals surface area contributed by atoms with E-state index in [1.807, 2.05) is 0 Å². The van der Waals surface area contributed by atoms with Crippen molar-refractivity contribution in [2.75, 3.05) is 0 Å². The van der Waals surface area contributed by atoms with Crippen LogP contribution in [0.3, 0.4) is 0 Å². The van der Waals surface area contributed by atoms with Gasteiger partial charge in [-0.2, -0.15) is 0 Å². The Hall–Kier alpha value is -1.30. The van der Waals surface area contributed by atoms with Crippen molar-refractivity contribution in [3.63, 3.8) is 0 Å². The van der Waals surface area contributed by atoms with Crippen molar-refractivity contribution in [3.8, 4) is 0 Å². The van der Waals surface area contributed by atoms with Gasteiger partial charge < -0.3 is 20.8 Å². The molecule has 0 unspecified atom stereocenters. The maximum atomic E-state index is 11.7. The topological polar surface area (TPSA) is 98.7 Å². The van der Waals surface area contributed by atoms with Crippen LogP contribution < -0.4 is 10.6 Å². The largest absolute Gasteiger partial charge is 0.480 e. The van der Waals surface area contributed by atoms with Crippen LogP contribution in [0.2, 0.25) is 0 Å². The van der Waals surface area contributed by atoms with E-state index >= 15 is 0 Å². The van der Waals surface area contributed by atoms with E-state index in [-0.39, 0.29) is 6.04 Å². The molecule has 0 bridgehead atoms. The van der Waals surface area contributed by atoms with Crippen LogP contribution in [0.4, 0.5) is 4.79 Å². The normalized spacial score (nSPS) is 25.6. The number of urea groups is 1. The highest BCUT2D eigenvalue weighted by Gasteiger charge is 2.27. The number of rotatable bonds is 6. The average Bonchev–Trinajstić information content (AvgIpc) is 2.38. The summed E-state index contributed by atoms with van der Waals surface area (Å²) in [5.41, 5.74) is 0. The smallest absolute Gasteiger partial charge is 0.328 e. The monoisotopic (exact) mass is 286 g/mol. The molecule has 6 heteroatoms. The molecule has 0 aromatic heterocycles. The molecule has 116 valence electrons. The first-order valence-electron chi connectivity index (χ1n) is 7.42. The van der Waals surface area contributed by atoms with E-state index in [0.717, 1.165) is 31.6 Å². The summed E-state index contributed by atoms with van der Waals surface area (Å²) in [4.78, 5) is 22.6. The minimum atomic E-state index is -1.27. The standard InChI is InChI=1S/C14H26N2O4/c1-3-4-10-5-7-11(8-6-10)15-14(20)16-12(9(2)17)13(18)19/h9-12,17H,3-8H2,1-2H3,(H,18,19)(H2,15,16,20)/t9-,10?,11?,12+/m1/s1. The molecule has 6 nitrogen and oxygen atoms in total. The van der Waals surface area contributed by atoms with Gasteiger partial charge in [0.25, 0.3) is 0 Å². The lowest BCUT2D eigenvalue weighted by molar-refractivity contribution is -0.141. The minimum Gasteiger partial charge on any atom is -0.480 e. The van der Waals surface area contributed by atoms with E-state index in [9.17, 15) is 14.7 Å². The number of aliphatic hydroxyl groups is 1. The van der Waals surface area contributed by atoms with Crippen LogP contribution in [0.5, 0.6) is 0 Å². The first-order chi connectivity index (χ1) is 9.43. The van der Waals surface area contributed by atoms with Gasteiger partial charge in [-0.1, -0.05) is 19.8 Å². The Morgan fingerprint density at radius 2 is 1.85 bits per heavy atom. The summed E-state index contributed by atoms with van der Waals surface area (Å²) in [6.07, 6.45) is 5.39. The van der Waals surface area contributed by atoms with Gasteiger partial charge in [0.1, 0.15) is 0 Å². The van der Waals surface area contributed by atoms with Crippen molar-refractivity contribution in [1.82, 2.24) is 10.6 Å². The van der Waals surface area contributed by atoms with Gasteiger partial charge >= 0.3 is 12.0 Å².